The molecular formula is C11H13Cl2NO2. The molecule has 0 amide bonds. The summed E-state index contributed by atoms with van der Waals surface area (Å²) in [6, 6.07) is 5.33. The molecule has 0 unspecified atom stereocenters. The normalized spacial score (nSPS) is 10.8. The van der Waals surface area contributed by atoms with Crippen LogP contribution in [-0.4, -0.2) is 29.6 Å². The molecule has 0 spiro atoms. The number of benzene rings is 1. The molecule has 1 N–H and O–H groups in total. The van der Waals surface area contributed by atoms with Gasteiger partial charge in [0.2, 0.25) is 0 Å². The minimum absolute atomic E-state index is 0.110. The van der Waals surface area contributed by atoms with Gasteiger partial charge in [-0.1, -0.05) is 29.3 Å². The second kappa shape index (κ2) is 6.09. The Balaban J connectivity index is 2.62. The van der Waals surface area contributed by atoms with Gasteiger partial charge in [-0.3, -0.25) is 4.79 Å². The average molecular weight is 262 g/mol. The molecule has 0 heterocycles. The maximum absolute atomic E-state index is 10.4. The van der Waals surface area contributed by atoms with Crippen LogP contribution in [0.3, 0.4) is 0 Å². The molecular weight excluding hydrogens is 249 g/mol. The fourth-order valence-corrected chi connectivity index (χ4v) is 1.84. The van der Waals surface area contributed by atoms with Gasteiger partial charge in [-0.05, 0) is 19.2 Å². The second-order valence-electron chi connectivity index (χ2n) is 3.58. The molecule has 1 rings (SSSR count). The van der Waals surface area contributed by atoms with Crippen LogP contribution in [0.25, 0.3) is 0 Å². The van der Waals surface area contributed by atoms with Crippen LogP contribution in [0, 0.1) is 0 Å². The monoisotopic (exact) mass is 261 g/mol. The topological polar surface area (TPSA) is 40.5 Å². The van der Waals surface area contributed by atoms with E-state index in [1.165, 1.54) is 0 Å². The van der Waals surface area contributed by atoms with E-state index in [0.29, 0.717) is 23.1 Å². The Bertz CT molecular complexity index is 362. The third-order valence-corrected chi connectivity index (χ3v) is 2.91. The molecule has 88 valence electrons. The van der Waals surface area contributed by atoms with E-state index in [9.17, 15) is 4.79 Å². The second-order valence-corrected chi connectivity index (χ2v) is 4.40. The van der Waals surface area contributed by atoms with Crippen LogP contribution in [0.5, 0.6) is 0 Å². The molecule has 1 aromatic carbocycles. The van der Waals surface area contributed by atoms with Crippen LogP contribution in [-0.2, 0) is 11.3 Å². The number of carbonyl (C=O) groups is 1. The van der Waals surface area contributed by atoms with Gasteiger partial charge in [0.15, 0.2) is 0 Å². The molecule has 16 heavy (non-hydrogen) atoms. The Kier molecular flexibility index (Phi) is 5.06. The van der Waals surface area contributed by atoms with Gasteiger partial charge in [0.25, 0.3) is 0 Å². The molecule has 0 fully saturated rings. The molecule has 0 aliphatic carbocycles. The van der Waals surface area contributed by atoms with Crippen LogP contribution >= 0.6 is 23.2 Å². The van der Waals surface area contributed by atoms with E-state index in [0.717, 1.165) is 5.56 Å². The van der Waals surface area contributed by atoms with Crippen molar-refractivity contribution in [1.29, 1.82) is 0 Å². The minimum atomic E-state index is -0.808. The quantitative estimate of drug-likeness (QED) is 0.886. The molecule has 0 aliphatic rings. The average Bonchev–Trinajstić information content (AvgIpc) is 2.21. The summed E-state index contributed by atoms with van der Waals surface area (Å²) in [5.41, 5.74) is 0.832. The van der Waals surface area contributed by atoms with Crippen molar-refractivity contribution >= 4 is 29.2 Å². The summed E-state index contributed by atoms with van der Waals surface area (Å²) >= 11 is 12.0. The Hall–Kier alpha value is -0.770. The predicted molar refractivity (Wildman–Crippen MR) is 65.0 cm³/mol. The Morgan fingerprint density at radius 2 is 1.94 bits per heavy atom. The fraction of sp³-hybridized carbons (Fsp3) is 0.364. The molecule has 0 saturated heterocycles. The largest absolute Gasteiger partial charge is 0.481 e. The van der Waals surface area contributed by atoms with Gasteiger partial charge in [0.1, 0.15) is 0 Å². The van der Waals surface area contributed by atoms with Gasteiger partial charge < -0.3 is 10.0 Å². The molecule has 0 aliphatic heterocycles. The first-order valence-corrected chi connectivity index (χ1v) is 5.59. The molecule has 0 aromatic heterocycles. The predicted octanol–water partition coefficient (Wildman–Crippen LogP) is 2.90. The molecule has 0 atom stereocenters. The highest BCUT2D eigenvalue weighted by Crippen LogP contribution is 2.25. The van der Waals surface area contributed by atoms with Gasteiger partial charge in [-0.2, -0.15) is 0 Å². The van der Waals surface area contributed by atoms with Crippen molar-refractivity contribution < 1.29 is 9.90 Å². The van der Waals surface area contributed by atoms with Crippen molar-refractivity contribution in [1.82, 2.24) is 4.90 Å². The maximum Gasteiger partial charge on any atom is 0.304 e. The van der Waals surface area contributed by atoms with Crippen molar-refractivity contribution in [2.24, 2.45) is 0 Å². The van der Waals surface area contributed by atoms with E-state index >= 15 is 0 Å². The Morgan fingerprint density at radius 1 is 1.38 bits per heavy atom. The number of hydrogen-bond acceptors (Lipinski definition) is 2. The zero-order chi connectivity index (χ0) is 12.1. The summed E-state index contributed by atoms with van der Waals surface area (Å²) in [5.74, 6) is -0.808. The first kappa shape index (κ1) is 13.3. The smallest absolute Gasteiger partial charge is 0.304 e. The van der Waals surface area contributed by atoms with Crippen molar-refractivity contribution in [2.45, 2.75) is 13.0 Å². The summed E-state index contributed by atoms with van der Waals surface area (Å²) in [5, 5.41) is 9.77. The van der Waals surface area contributed by atoms with E-state index < -0.39 is 5.97 Å². The third-order valence-electron chi connectivity index (χ3n) is 2.20. The number of carboxylic acid groups (broad SMARTS) is 1. The maximum atomic E-state index is 10.4. The van der Waals surface area contributed by atoms with Gasteiger partial charge >= 0.3 is 5.97 Å². The molecule has 3 nitrogen and oxygen atoms in total. The lowest BCUT2D eigenvalue weighted by Crippen LogP contribution is -2.21. The van der Waals surface area contributed by atoms with Crippen molar-refractivity contribution in [3.63, 3.8) is 0 Å². The minimum Gasteiger partial charge on any atom is -0.481 e. The first-order chi connectivity index (χ1) is 7.50. The third kappa shape index (κ3) is 4.00. The fourth-order valence-electron chi connectivity index (χ4n) is 1.32. The zero-order valence-electron chi connectivity index (χ0n) is 8.91. The van der Waals surface area contributed by atoms with Crippen molar-refractivity contribution in [2.75, 3.05) is 13.6 Å². The van der Waals surface area contributed by atoms with Crippen LogP contribution in [0.2, 0.25) is 10.0 Å². The van der Waals surface area contributed by atoms with E-state index in [1.54, 1.807) is 18.2 Å². The number of carboxylic acids is 1. The lowest BCUT2D eigenvalue weighted by molar-refractivity contribution is -0.137. The summed E-state index contributed by atoms with van der Waals surface area (Å²) in [6.07, 6.45) is 0.110. The molecule has 0 saturated carbocycles. The standard InChI is InChI=1S/C11H13Cl2NO2/c1-14(6-5-11(15)16)7-8-9(12)3-2-4-10(8)13/h2-4H,5-7H2,1H3,(H,15,16). The highest BCUT2D eigenvalue weighted by molar-refractivity contribution is 6.35. The molecule has 0 bridgehead atoms. The van der Waals surface area contributed by atoms with Gasteiger partial charge in [-0.15, -0.1) is 0 Å². The summed E-state index contributed by atoms with van der Waals surface area (Å²) in [6.45, 7) is 1.02. The number of nitrogens with zero attached hydrogens (tertiary/aromatic N) is 1. The molecule has 0 radical (unpaired) electrons. The summed E-state index contributed by atoms with van der Waals surface area (Å²) < 4.78 is 0. The van der Waals surface area contributed by atoms with E-state index in [1.807, 2.05) is 11.9 Å². The molecule has 1 aromatic rings. The number of hydrogen-bond donors (Lipinski definition) is 1. The number of rotatable bonds is 5. The lowest BCUT2D eigenvalue weighted by Gasteiger charge is -2.17. The molecule has 5 heteroatoms. The zero-order valence-corrected chi connectivity index (χ0v) is 10.4. The Labute approximate surface area is 105 Å². The van der Waals surface area contributed by atoms with Gasteiger partial charge in [-0.25, -0.2) is 0 Å². The highest BCUT2D eigenvalue weighted by atomic mass is 35.5. The first-order valence-electron chi connectivity index (χ1n) is 4.84. The van der Waals surface area contributed by atoms with Crippen LogP contribution in [0.4, 0.5) is 0 Å². The number of aliphatic carboxylic acids is 1. The summed E-state index contributed by atoms with van der Waals surface area (Å²) in [7, 11) is 1.84. The number of halogens is 2. The summed E-state index contributed by atoms with van der Waals surface area (Å²) in [4.78, 5) is 12.3. The van der Waals surface area contributed by atoms with Crippen LogP contribution in [0.15, 0.2) is 18.2 Å². The van der Waals surface area contributed by atoms with Crippen LogP contribution in [0.1, 0.15) is 12.0 Å². The lowest BCUT2D eigenvalue weighted by atomic mass is 10.2. The van der Waals surface area contributed by atoms with Crippen molar-refractivity contribution in [3.05, 3.63) is 33.8 Å². The van der Waals surface area contributed by atoms with Gasteiger partial charge in [0, 0.05) is 28.7 Å². The van der Waals surface area contributed by atoms with Crippen molar-refractivity contribution in [3.8, 4) is 0 Å². The van der Waals surface area contributed by atoms with Crippen LogP contribution < -0.4 is 0 Å². The van der Waals surface area contributed by atoms with Gasteiger partial charge in [0.05, 0.1) is 6.42 Å². The SMILES string of the molecule is CN(CCC(=O)O)Cc1c(Cl)cccc1Cl. The highest BCUT2D eigenvalue weighted by Gasteiger charge is 2.09. The van der Waals surface area contributed by atoms with E-state index in [-0.39, 0.29) is 6.42 Å². The van der Waals surface area contributed by atoms with E-state index in [4.69, 9.17) is 28.3 Å². The van der Waals surface area contributed by atoms with E-state index in [2.05, 4.69) is 0 Å². The Morgan fingerprint density at radius 3 is 2.44 bits per heavy atom.